The maximum Gasteiger partial charge on any atom is 0.231 e. The van der Waals surface area contributed by atoms with Gasteiger partial charge in [-0.25, -0.2) is 0 Å². The number of ether oxygens (including phenoxy) is 2. The lowest BCUT2D eigenvalue weighted by Gasteiger charge is -2.26. The predicted octanol–water partition coefficient (Wildman–Crippen LogP) is 3.51. The molecule has 2 aromatic carbocycles. The maximum atomic E-state index is 11.7. The molecule has 0 saturated heterocycles. The summed E-state index contributed by atoms with van der Waals surface area (Å²) in [7, 11) is 0. The van der Waals surface area contributed by atoms with Crippen molar-refractivity contribution in [2.75, 3.05) is 6.79 Å². The first-order valence-corrected chi connectivity index (χ1v) is 6.99. The van der Waals surface area contributed by atoms with Gasteiger partial charge in [0.05, 0.1) is 5.92 Å². The van der Waals surface area contributed by atoms with Crippen molar-refractivity contribution in [1.82, 2.24) is 0 Å². The average Bonchev–Trinajstić information content (AvgIpc) is 2.99. The minimum Gasteiger partial charge on any atom is -0.454 e. The number of allylic oxidation sites excluding steroid dienone is 1. The molecule has 0 aromatic heterocycles. The molecule has 3 heteroatoms. The molecule has 1 heterocycles. The summed E-state index contributed by atoms with van der Waals surface area (Å²) in [6.45, 7) is 0.246. The molecule has 3 nitrogen and oxygen atoms in total. The number of hydrogen-bond acceptors (Lipinski definition) is 3. The molecule has 0 radical (unpaired) electrons. The summed E-state index contributed by atoms with van der Waals surface area (Å²) in [6, 6.07) is 14.0. The topological polar surface area (TPSA) is 35.5 Å². The van der Waals surface area contributed by atoms with Gasteiger partial charge in [0.1, 0.15) is 6.29 Å². The van der Waals surface area contributed by atoms with Crippen molar-refractivity contribution in [2.24, 2.45) is 0 Å². The Morgan fingerprint density at radius 3 is 2.57 bits per heavy atom. The molecular weight excluding hydrogens is 264 g/mol. The number of fused-ring (bicyclic) bond motifs is 2. The molecule has 1 aliphatic heterocycles. The van der Waals surface area contributed by atoms with E-state index in [-0.39, 0.29) is 18.6 Å². The van der Waals surface area contributed by atoms with E-state index in [1.54, 1.807) is 0 Å². The highest BCUT2D eigenvalue weighted by atomic mass is 16.7. The lowest BCUT2D eigenvalue weighted by atomic mass is 9.76. The Morgan fingerprint density at radius 2 is 1.81 bits per heavy atom. The highest BCUT2D eigenvalue weighted by Crippen LogP contribution is 2.44. The summed E-state index contributed by atoms with van der Waals surface area (Å²) >= 11 is 0. The highest BCUT2D eigenvalue weighted by molar-refractivity contribution is 5.75. The molecule has 2 aromatic rings. The minimum absolute atomic E-state index is 0.0663. The highest BCUT2D eigenvalue weighted by Gasteiger charge is 2.29. The van der Waals surface area contributed by atoms with Crippen LogP contribution in [0.5, 0.6) is 11.5 Å². The SMILES string of the molecule is O=C[C@H]1c2cc3c(cc2C=C[C@@H]1c1ccccc1)OCO3. The molecule has 21 heavy (non-hydrogen) atoms. The van der Waals surface area contributed by atoms with Gasteiger partial charge in [-0.15, -0.1) is 0 Å². The minimum atomic E-state index is -0.193. The van der Waals surface area contributed by atoms with Gasteiger partial charge < -0.3 is 14.3 Å². The van der Waals surface area contributed by atoms with Crippen LogP contribution in [0.2, 0.25) is 0 Å². The Bertz CT molecular complexity index is 719. The van der Waals surface area contributed by atoms with Crippen LogP contribution in [0.1, 0.15) is 28.5 Å². The van der Waals surface area contributed by atoms with Gasteiger partial charge in [0.2, 0.25) is 6.79 Å². The molecule has 0 saturated carbocycles. The number of carbonyl (C=O) groups is 1. The summed E-state index contributed by atoms with van der Waals surface area (Å²) in [5, 5.41) is 0. The Hall–Kier alpha value is -2.55. The summed E-state index contributed by atoms with van der Waals surface area (Å²) in [5.74, 6) is 1.35. The number of benzene rings is 2. The van der Waals surface area contributed by atoms with Crippen molar-refractivity contribution in [3.05, 3.63) is 65.2 Å². The van der Waals surface area contributed by atoms with Crippen LogP contribution < -0.4 is 9.47 Å². The van der Waals surface area contributed by atoms with Crippen LogP contribution >= 0.6 is 0 Å². The van der Waals surface area contributed by atoms with Gasteiger partial charge in [0.25, 0.3) is 0 Å². The van der Waals surface area contributed by atoms with E-state index < -0.39 is 0 Å². The zero-order valence-corrected chi connectivity index (χ0v) is 11.4. The normalized spacial score (nSPS) is 21.9. The van der Waals surface area contributed by atoms with Crippen LogP contribution in [-0.2, 0) is 4.79 Å². The monoisotopic (exact) mass is 278 g/mol. The van der Waals surface area contributed by atoms with E-state index in [9.17, 15) is 4.79 Å². The van der Waals surface area contributed by atoms with E-state index in [0.29, 0.717) is 0 Å². The third-order valence-corrected chi connectivity index (χ3v) is 4.14. The van der Waals surface area contributed by atoms with E-state index in [0.717, 1.165) is 34.5 Å². The quantitative estimate of drug-likeness (QED) is 0.789. The van der Waals surface area contributed by atoms with Gasteiger partial charge in [-0.2, -0.15) is 0 Å². The van der Waals surface area contributed by atoms with Crippen LogP contribution in [0, 0.1) is 0 Å². The van der Waals surface area contributed by atoms with Crippen molar-refractivity contribution in [3.63, 3.8) is 0 Å². The second kappa shape index (κ2) is 4.77. The molecule has 0 amide bonds. The first-order valence-electron chi connectivity index (χ1n) is 6.99. The van der Waals surface area contributed by atoms with Gasteiger partial charge in [0, 0.05) is 5.92 Å². The number of rotatable bonds is 2. The van der Waals surface area contributed by atoms with Gasteiger partial charge in [-0.1, -0.05) is 42.5 Å². The van der Waals surface area contributed by atoms with Gasteiger partial charge in [0.15, 0.2) is 11.5 Å². The molecule has 0 N–H and O–H groups in total. The fourth-order valence-electron chi connectivity index (χ4n) is 3.08. The molecule has 4 rings (SSSR count). The largest absolute Gasteiger partial charge is 0.454 e. The summed E-state index contributed by atoms with van der Waals surface area (Å²) in [5.41, 5.74) is 3.18. The van der Waals surface area contributed by atoms with Crippen molar-refractivity contribution in [3.8, 4) is 11.5 Å². The van der Waals surface area contributed by atoms with Crippen molar-refractivity contribution in [2.45, 2.75) is 11.8 Å². The summed E-state index contributed by atoms with van der Waals surface area (Å²) < 4.78 is 10.8. The van der Waals surface area contributed by atoms with Crippen LogP contribution in [0.3, 0.4) is 0 Å². The number of hydrogen-bond donors (Lipinski definition) is 0. The lowest BCUT2D eigenvalue weighted by Crippen LogP contribution is -2.15. The maximum absolute atomic E-state index is 11.7. The van der Waals surface area contributed by atoms with Crippen molar-refractivity contribution >= 4 is 12.4 Å². The van der Waals surface area contributed by atoms with E-state index in [2.05, 4.69) is 24.3 Å². The molecule has 0 fully saturated rings. The molecule has 0 spiro atoms. The van der Waals surface area contributed by atoms with Crippen LogP contribution in [0.4, 0.5) is 0 Å². The van der Waals surface area contributed by atoms with Gasteiger partial charge in [-0.3, -0.25) is 0 Å². The van der Waals surface area contributed by atoms with E-state index in [1.165, 1.54) is 0 Å². The first kappa shape index (κ1) is 12.2. The third-order valence-electron chi connectivity index (χ3n) is 4.14. The van der Waals surface area contributed by atoms with E-state index in [1.807, 2.05) is 30.3 Å². The predicted molar refractivity (Wildman–Crippen MR) is 79.6 cm³/mol. The Labute approximate surface area is 122 Å². The second-order valence-corrected chi connectivity index (χ2v) is 5.29. The van der Waals surface area contributed by atoms with Gasteiger partial charge in [-0.05, 0) is 28.8 Å². The summed E-state index contributed by atoms with van der Waals surface area (Å²) in [6.07, 6.45) is 5.19. The van der Waals surface area contributed by atoms with E-state index in [4.69, 9.17) is 9.47 Å². The second-order valence-electron chi connectivity index (χ2n) is 5.29. The van der Waals surface area contributed by atoms with Crippen LogP contribution in [0.15, 0.2) is 48.5 Å². The van der Waals surface area contributed by atoms with Crippen molar-refractivity contribution < 1.29 is 14.3 Å². The average molecular weight is 278 g/mol. The Morgan fingerprint density at radius 1 is 1.05 bits per heavy atom. The zero-order valence-electron chi connectivity index (χ0n) is 11.4. The number of aldehydes is 1. The van der Waals surface area contributed by atoms with Gasteiger partial charge >= 0.3 is 0 Å². The molecule has 2 aliphatic rings. The molecule has 1 aliphatic carbocycles. The summed E-state index contributed by atoms with van der Waals surface area (Å²) in [4.78, 5) is 11.7. The molecular formula is C18H14O3. The first-order chi connectivity index (χ1) is 10.4. The third kappa shape index (κ3) is 1.93. The van der Waals surface area contributed by atoms with E-state index >= 15 is 0 Å². The number of carbonyl (C=O) groups excluding carboxylic acids is 1. The molecule has 2 atom stereocenters. The molecule has 0 bridgehead atoms. The Balaban J connectivity index is 1.82. The Kier molecular flexibility index (Phi) is 2.78. The van der Waals surface area contributed by atoms with Crippen LogP contribution in [-0.4, -0.2) is 13.1 Å². The molecule has 104 valence electrons. The fraction of sp³-hybridized carbons (Fsp3) is 0.167. The smallest absolute Gasteiger partial charge is 0.231 e. The molecule has 0 unspecified atom stereocenters. The zero-order chi connectivity index (χ0) is 14.2. The lowest BCUT2D eigenvalue weighted by molar-refractivity contribution is -0.109. The standard InChI is InChI=1S/C18H14O3/c19-10-16-14(12-4-2-1-3-5-12)7-6-13-8-17-18(9-15(13)16)21-11-20-17/h1-10,14,16H,11H2/t14-,16-/m1/s1. The van der Waals surface area contributed by atoms with Crippen molar-refractivity contribution in [1.29, 1.82) is 0 Å². The van der Waals surface area contributed by atoms with Crippen LogP contribution in [0.25, 0.3) is 6.08 Å². The fourth-order valence-corrected chi connectivity index (χ4v) is 3.08.